The molecule has 0 bridgehead atoms. The minimum absolute atomic E-state index is 0. The topological polar surface area (TPSA) is 0 Å². The zero-order valence-corrected chi connectivity index (χ0v) is 14.6. The van der Waals surface area contributed by atoms with Gasteiger partial charge in [0.1, 0.15) is 0 Å². The number of rotatable bonds is 0. The molecule has 0 unspecified atom stereocenters. The first-order chi connectivity index (χ1) is 6.41. The van der Waals surface area contributed by atoms with E-state index in [4.69, 9.17) is 0 Å². The molecule has 0 aromatic rings. The molecule has 0 heterocycles. The van der Waals surface area contributed by atoms with Gasteiger partial charge in [-0.25, -0.2) is 24.3 Å². The van der Waals surface area contributed by atoms with Gasteiger partial charge in [0.2, 0.25) is 0 Å². The molecule has 2 rings (SSSR count). The van der Waals surface area contributed by atoms with E-state index in [1.54, 1.807) is 0 Å². The van der Waals surface area contributed by atoms with Crippen molar-refractivity contribution in [2.75, 3.05) is 0 Å². The fourth-order valence-corrected chi connectivity index (χ4v) is 0.680. The van der Waals surface area contributed by atoms with Crippen molar-refractivity contribution in [2.45, 2.75) is 12.8 Å². The van der Waals surface area contributed by atoms with E-state index in [0.29, 0.717) is 16.6 Å². The van der Waals surface area contributed by atoms with Crippen LogP contribution in [0.3, 0.4) is 0 Å². The summed E-state index contributed by atoms with van der Waals surface area (Å²) in [6.45, 7) is 0. The summed E-state index contributed by atoms with van der Waals surface area (Å²) in [5, 5.41) is 0. The Labute approximate surface area is 117 Å². The molecule has 15 heavy (non-hydrogen) atoms. The van der Waals surface area contributed by atoms with Crippen LogP contribution in [0, 0.1) is 12.2 Å². The molecule has 0 saturated carbocycles. The molecule has 0 aromatic carbocycles. The summed E-state index contributed by atoms with van der Waals surface area (Å²) >= 11 is 0.556. The van der Waals surface area contributed by atoms with Crippen molar-refractivity contribution in [3.8, 4) is 0 Å². The van der Waals surface area contributed by atoms with Crippen LogP contribution < -0.4 is 0 Å². The van der Waals surface area contributed by atoms with Crippen LogP contribution in [0.1, 0.15) is 12.8 Å². The van der Waals surface area contributed by atoms with Crippen molar-refractivity contribution in [3.63, 3.8) is 0 Å². The van der Waals surface area contributed by atoms with Gasteiger partial charge in [-0.15, -0.1) is 37.7 Å². The predicted molar refractivity (Wildman–Crippen MR) is 74.7 cm³/mol. The van der Waals surface area contributed by atoms with Crippen molar-refractivity contribution >= 4 is 40.1 Å². The maximum atomic E-state index is 2.99. The van der Waals surface area contributed by atoms with E-state index >= 15 is 0 Å². The van der Waals surface area contributed by atoms with E-state index in [-0.39, 0.29) is 24.8 Å². The molecule has 0 N–H and O–H groups in total. The van der Waals surface area contributed by atoms with Crippen LogP contribution in [0.25, 0.3) is 0 Å². The van der Waals surface area contributed by atoms with Gasteiger partial charge < -0.3 is 0 Å². The summed E-state index contributed by atoms with van der Waals surface area (Å²) in [4.78, 5) is 0. The van der Waals surface area contributed by atoms with Gasteiger partial charge in [-0.1, -0.05) is 0 Å². The molecule has 5 heteroatoms. The van der Waals surface area contributed by atoms with Crippen molar-refractivity contribution in [1.29, 1.82) is 0 Å². The number of hydrogen-bond acceptors (Lipinski definition) is 0. The SMILES string of the molecule is Cl.Cl.[C-]1=CC=CC1.[C-]1=CC=CC1.[SiH2]=[Ti]=[SiH2]. The van der Waals surface area contributed by atoms with Gasteiger partial charge in [-0.05, 0) is 0 Å². The van der Waals surface area contributed by atoms with Gasteiger partial charge in [0.05, 0.1) is 0 Å². The summed E-state index contributed by atoms with van der Waals surface area (Å²) in [6.07, 6.45) is 20.0. The Morgan fingerprint density at radius 3 is 1.27 bits per heavy atom. The fraction of sp³-hybridized carbons (Fsp3) is 0.200. The third kappa shape index (κ3) is 20.7. The molecule has 0 aliphatic heterocycles. The zero-order valence-electron chi connectivity index (χ0n) is 8.61. The van der Waals surface area contributed by atoms with Crippen molar-refractivity contribution in [3.05, 3.63) is 48.6 Å². The molecular formula is C10H16Cl2Si2Ti-2. The Kier molecular flexibility index (Phi) is 28.2. The second-order valence-electron chi connectivity index (χ2n) is 2.26. The van der Waals surface area contributed by atoms with E-state index in [2.05, 4.69) is 39.6 Å². The molecule has 0 radical (unpaired) electrons. The first kappa shape index (κ1) is 21.0. The Bertz CT molecular complexity index is 223. The van der Waals surface area contributed by atoms with Gasteiger partial charge in [0.25, 0.3) is 0 Å². The van der Waals surface area contributed by atoms with E-state index < -0.39 is 0 Å². The van der Waals surface area contributed by atoms with Crippen molar-refractivity contribution < 1.29 is 16.6 Å². The summed E-state index contributed by atoms with van der Waals surface area (Å²) in [5.41, 5.74) is 0. The van der Waals surface area contributed by atoms with Crippen LogP contribution in [0.5, 0.6) is 0 Å². The second kappa shape index (κ2) is 20.1. The van der Waals surface area contributed by atoms with Gasteiger partial charge in [0.15, 0.2) is 0 Å². The Hall–Kier alpha value is 0.688. The molecule has 0 saturated heterocycles. The summed E-state index contributed by atoms with van der Waals surface area (Å²) in [5.74, 6) is 0. The number of hydrogen-bond donors (Lipinski definition) is 0. The molecule has 0 nitrogen and oxygen atoms in total. The van der Waals surface area contributed by atoms with Crippen LogP contribution in [-0.2, 0) is 16.6 Å². The minimum atomic E-state index is 0. The molecule has 2 aliphatic rings. The van der Waals surface area contributed by atoms with Crippen LogP contribution >= 0.6 is 24.8 Å². The molecular weight excluding hydrogens is 295 g/mol. The fourth-order valence-electron chi connectivity index (χ4n) is 0.680. The van der Waals surface area contributed by atoms with Gasteiger partial charge in [-0.3, -0.25) is 12.2 Å². The molecule has 0 atom stereocenters. The predicted octanol–water partition coefficient (Wildman–Crippen LogP) is 1.62. The molecule has 2 aliphatic carbocycles. The standard InChI is InChI=1S/2C5H5.2ClH.2H2Si.Ti/c2*1-2-4-5-3-1;;;;;/h2*1-3H,4H2;2*1H;2*1H2;/q2*-1;;;;;. The normalized spacial score (nSPS) is 12.3. The quantitative estimate of drug-likeness (QED) is 0.471. The average molecular weight is 311 g/mol. The van der Waals surface area contributed by atoms with E-state index in [1.807, 2.05) is 24.3 Å². The van der Waals surface area contributed by atoms with Crippen LogP contribution in [0.4, 0.5) is 0 Å². The Morgan fingerprint density at radius 1 is 0.867 bits per heavy atom. The third-order valence-electron chi connectivity index (χ3n) is 1.17. The molecule has 84 valence electrons. The maximum absolute atomic E-state index is 2.99. The van der Waals surface area contributed by atoms with Crippen molar-refractivity contribution in [1.82, 2.24) is 0 Å². The van der Waals surface area contributed by atoms with E-state index in [9.17, 15) is 0 Å². The van der Waals surface area contributed by atoms with Gasteiger partial charge >= 0.3 is 31.9 Å². The Morgan fingerprint density at radius 2 is 1.20 bits per heavy atom. The summed E-state index contributed by atoms with van der Waals surface area (Å²) < 4.78 is 0. The van der Waals surface area contributed by atoms with Gasteiger partial charge in [0, 0.05) is 0 Å². The number of halogens is 2. The summed E-state index contributed by atoms with van der Waals surface area (Å²) in [7, 11) is 4.22. The molecule has 0 aromatic heterocycles. The van der Waals surface area contributed by atoms with Crippen LogP contribution in [0.15, 0.2) is 36.5 Å². The van der Waals surface area contributed by atoms with Crippen LogP contribution in [-0.4, -0.2) is 15.3 Å². The first-order valence-electron chi connectivity index (χ1n) is 4.14. The molecule has 0 amide bonds. The van der Waals surface area contributed by atoms with E-state index in [0.717, 1.165) is 12.8 Å². The monoisotopic (exact) mass is 310 g/mol. The van der Waals surface area contributed by atoms with Crippen LogP contribution in [0.2, 0.25) is 0 Å². The molecule has 0 fully saturated rings. The molecule has 0 spiro atoms. The summed E-state index contributed by atoms with van der Waals surface area (Å²) in [6, 6.07) is 0. The third-order valence-corrected chi connectivity index (χ3v) is 1.17. The van der Waals surface area contributed by atoms with Gasteiger partial charge in [-0.2, -0.15) is 12.2 Å². The first-order valence-corrected chi connectivity index (χ1v) is 12.2. The average Bonchev–Trinajstić information content (AvgIpc) is 2.85. The Balaban J connectivity index is -0.000000140. The van der Waals surface area contributed by atoms with Crippen molar-refractivity contribution in [2.24, 2.45) is 0 Å². The number of allylic oxidation sites excluding steroid dienone is 8. The zero-order chi connectivity index (χ0) is 9.78. The van der Waals surface area contributed by atoms with E-state index in [1.165, 1.54) is 0 Å². The second-order valence-corrected chi connectivity index (χ2v) is 11.3.